The number of benzene rings is 2. The number of hydrogen-bond acceptors (Lipinski definition) is 6. The van der Waals surface area contributed by atoms with Crippen LogP contribution in [0.1, 0.15) is 26.5 Å². The fourth-order valence-corrected chi connectivity index (χ4v) is 2.78. The van der Waals surface area contributed by atoms with Gasteiger partial charge < -0.3 is 19.0 Å². The van der Waals surface area contributed by atoms with Gasteiger partial charge in [0.15, 0.2) is 0 Å². The number of ether oxygens (including phenoxy) is 2. The maximum Gasteiger partial charge on any atom is 0.335 e. The molecule has 154 valence electrons. The van der Waals surface area contributed by atoms with Gasteiger partial charge in [-0.05, 0) is 42.5 Å². The van der Waals surface area contributed by atoms with Crippen molar-refractivity contribution < 1.29 is 28.6 Å². The number of halogens is 1. The lowest BCUT2D eigenvalue weighted by Crippen LogP contribution is -2.17. The van der Waals surface area contributed by atoms with Crippen LogP contribution in [0.15, 0.2) is 58.0 Å². The number of amides is 1. The fourth-order valence-electron chi connectivity index (χ4n) is 2.57. The van der Waals surface area contributed by atoms with Gasteiger partial charge in [0.25, 0.3) is 5.91 Å². The molecule has 0 spiro atoms. The van der Waals surface area contributed by atoms with Crippen molar-refractivity contribution in [1.29, 1.82) is 0 Å². The number of carboxylic acid groups (broad SMARTS) is 1. The minimum atomic E-state index is -1.07. The first-order chi connectivity index (χ1) is 14.4. The van der Waals surface area contributed by atoms with Crippen molar-refractivity contribution in [3.8, 4) is 22.8 Å². The van der Waals surface area contributed by atoms with Gasteiger partial charge in [-0.2, -0.15) is 5.10 Å². The van der Waals surface area contributed by atoms with E-state index in [4.69, 9.17) is 30.6 Å². The summed E-state index contributed by atoms with van der Waals surface area (Å²) in [4.78, 5) is 23.5. The Kier molecular flexibility index (Phi) is 6.38. The normalized spacial score (nSPS) is 10.8. The van der Waals surface area contributed by atoms with E-state index in [2.05, 4.69) is 10.5 Å². The summed E-state index contributed by atoms with van der Waals surface area (Å²) >= 11 is 6.14. The Balaban J connectivity index is 1.73. The zero-order chi connectivity index (χ0) is 21.7. The van der Waals surface area contributed by atoms with Gasteiger partial charge in [0.2, 0.25) is 0 Å². The quantitative estimate of drug-likeness (QED) is 0.433. The van der Waals surface area contributed by atoms with Crippen molar-refractivity contribution in [3.63, 3.8) is 0 Å². The number of nitrogens with one attached hydrogen (secondary N) is 1. The van der Waals surface area contributed by atoms with Crippen molar-refractivity contribution in [2.24, 2.45) is 5.10 Å². The number of rotatable bonds is 7. The van der Waals surface area contributed by atoms with E-state index in [1.54, 1.807) is 30.3 Å². The topological polar surface area (TPSA) is 110 Å². The van der Waals surface area contributed by atoms with Crippen LogP contribution >= 0.6 is 11.6 Å². The van der Waals surface area contributed by atoms with Crippen LogP contribution in [0.4, 0.5) is 0 Å². The number of furan rings is 1. The number of hydrogen-bond donors (Lipinski definition) is 2. The minimum absolute atomic E-state index is 0.0852. The van der Waals surface area contributed by atoms with Gasteiger partial charge in [-0.25, -0.2) is 10.2 Å². The van der Waals surface area contributed by atoms with Crippen LogP contribution in [0.2, 0.25) is 5.02 Å². The third-order valence-corrected chi connectivity index (χ3v) is 4.41. The summed E-state index contributed by atoms with van der Waals surface area (Å²) in [5.41, 5.74) is 3.22. The van der Waals surface area contributed by atoms with E-state index in [-0.39, 0.29) is 5.56 Å². The summed E-state index contributed by atoms with van der Waals surface area (Å²) in [6, 6.07) is 12.3. The molecule has 0 unspecified atom stereocenters. The number of nitrogens with zero attached hydrogens (tertiary/aromatic N) is 1. The number of hydrazone groups is 1. The van der Waals surface area contributed by atoms with Gasteiger partial charge in [0.1, 0.15) is 23.0 Å². The molecule has 1 aromatic heterocycles. The predicted molar refractivity (Wildman–Crippen MR) is 111 cm³/mol. The first-order valence-electron chi connectivity index (χ1n) is 8.61. The number of carboxylic acids is 1. The lowest BCUT2D eigenvalue weighted by molar-refractivity contribution is 0.0696. The largest absolute Gasteiger partial charge is 0.497 e. The molecule has 0 saturated carbocycles. The third kappa shape index (κ3) is 4.79. The summed E-state index contributed by atoms with van der Waals surface area (Å²) in [5.74, 6) is 0.114. The molecule has 2 N–H and O–H groups in total. The van der Waals surface area contributed by atoms with Crippen LogP contribution in [-0.4, -0.2) is 37.4 Å². The number of carbonyl (C=O) groups is 2. The van der Waals surface area contributed by atoms with Crippen LogP contribution < -0.4 is 14.9 Å². The molecule has 0 fully saturated rings. The summed E-state index contributed by atoms with van der Waals surface area (Å²) in [6.45, 7) is 0. The molecule has 8 nitrogen and oxygen atoms in total. The van der Waals surface area contributed by atoms with Gasteiger partial charge in [-0.1, -0.05) is 11.6 Å². The third-order valence-electron chi connectivity index (χ3n) is 4.08. The van der Waals surface area contributed by atoms with E-state index in [9.17, 15) is 9.59 Å². The average Bonchev–Trinajstić information content (AvgIpc) is 3.21. The summed E-state index contributed by atoms with van der Waals surface area (Å²) in [6.07, 6.45) is 1.31. The standard InChI is InChI=1S/C21H17ClN2O6/c1-28-15-7-13(8-16(10-15)29-2)20(25)24-23-11-14-4-6-19(30-14)17-9-12(21(26)27)3-5-18(17)22/h3-11H,1-2H3,(H,24,25)(H,26,27)/b23-11-. The lowest BCUT2D eigenvalue weighted by atomic mass is 10.1. The molecule has 0 bridgehead atoms. The molecule has 0 aliphatic carbocycles. The van der Waals surface area contributed by atoms with Gasteiger partial charge in [-0.15, -0.1) is 0 Å². The van der Waals surface area contributed by atoms with E-state index >= 15 is 0 Å². The summed E-state index contributed by atoms with van der Waals surface area (Å²) in [7, 11) is 2.98. The molecule has 3 rings (SSSR count). The Labute approximate surface area is 176 Å². The molecule has 0 saturated heterocycles. The first kappa shape index (κ1) is 20.9. The highest BCUT2D eigenvalue weighted by Gasteiger charge is 2.13. The van der Waals surface area contributed by atoms with Gasteiger partial charge in [-0.3, -0.25) is 4.79 Å². The molecule has 9 heteroatoms. The molecule has 1 heterocycles. The van der Waals surface area contributed by atoms with E-state index in [1.165, 1.54) is 38.6 Å². The van der Waals surface area contributed by atoms with Crippen molar-refractivity contribution in [2.75, 3.05) is 14.2 Å². The monoisotopic (exact) mass is 428 g/mol. The maximum absolute atomic E-state index is 12.3. The Bertz CT molecular complexity index is 1100. The Morgan fingerprint density at radius 3 is 2.37 bits per heavy atom. The molecule has 0 atom stereocenters. The fraction of sp³-hybridized carbons (Fsp3) is 0.0952. The molecule has 30 heavy (non-hydrogen) atoms. The predicted octanol–water partition coefficient (Wildman–Crippen LogP) is 4.08. The zero-order valence-corrected chi connectivity index (χ0v) is 16.8. The highest BCUT2D eigenvalue weighted by atomic mass is 35.5. The maximum atomic E-state index is 12.3. The average molecular weight is 429 g/mol. The van der Waals surface area contributed by atoms with E-state index < -0.39 is 11.9 Å². The van der Waals surface area contributed by atoms with Crippen molar-refractivity contribution in [1.82, 2.24) is 5.43 Å². The second-order valence-electron chi connectivity index (χ2n) is 6.00. The molecule has 2 aromatic carbocycles. The smallest absolute Gasteiger partial charge is 0.335 e. The number of methoxy groups -OCH3 is 2. The Morgan fingerprint density at radius 1 is 1.03 bits per heavy atom. The number of carbonyl (C=O) groups excluding carboxylic acids is 1. The van der Waals surface area contributed by atoms with Crippen molar-refractivity contribution in [3.05, 3.63) is 70.4 Å². The molecular formula is C21H17ClN2O6. The van der Waals surface area contributed by atoms with Gasteiger partial charge >= 0.3 is 5.97 Å². The Morgan fingerprint density at radius 2 is 1.73 bits per heavy atom. The highest BCUT2D eigenvalue weighted by molar-refractivity contribution is 6.33. The molecule has 1 amide bonds. The zero-order valence-electron chi connectivity index (χ0n) is 16.0. The molecular weight excluding hydrogens is 412 g/mol. The summed E-state index contributed by atoms with van der Waals surface area (Å²) < 4.78 is 15.9. The van der Waals surface area contributed by atoms with Crippen molar-refractivity contribution >= 4 is 29.7 Å². The van der Waals surface area contributed by atoms with Crippen molar-refractivity contribution in [2.45, 2.75) is 0 Å². The van der Waals surface area contributed by atoms with E-state index in [0.717, 1.165) is 0 Å². The SMILES string of the molecule is COc1cc(OC)cc(C(=O)N/N=C\c2ccc(-c3cc(C(=O)O)ccc3Cl)o2)c1. The van der Waals surface area contributed by atoms with Crippen LogP contribution in [0.5, 0.6) is 11.5 Å². The molecule has 0 aliphatic rings. The van der Waals surface area contributed by atoms with Crippen LogP contribution in [0.3, 0.4) is 0 Å². The number of aromatic carboxylic acids is 1. The minimum Gasteiger partial charge on any atom is -0.497 e. The molecule has 0 aliphatic heterocycles. The second kappa shape index (κ2) is 9.15. The second-order valence-corrected chi connectivity index (χ2v) is 6.41. The lowest BCUT2D eigenvalue weighted by Gasteiger charge is -2.07. The molecule has 0 radical (unpaired) electrons. The van der Waals surface area contributed by atoms with E-state index in [0.29, 0.717) is 39.2 Å². The van der Waals surface area contributed by atoms with Crippen LogP contribution in [0, 0.1) is 0 Å². The van der Waals surface area contributed by atoms with Crippen LogP contribution in [-0.2, 0) is 0 Å². The van der Waals surface area contributed by atoms with Gasteiger partial charge in [0.05, 0.1) is 31.0 Å². The van der Waals surface area contributed by atoms with Gasteiger partial charge in [0, 0.05) is 17.2 Å². The highest BCUT2D eigenvalue weighted by Crippen LogP contribution is 2.30. The van der Waals surface area contributed by atoms with E-state index in [1.807, 2.05) is 0 Å². The summed E-state index contributed by atoms with van der Waals surface area (Å²) in [5, 5.41) is 13.4. The van der Waals surface area contributed by atoms with Crippen LogP contribution in [0.25, 0.3) is 11.3 Å². The molecule has 3 aromatic rings. The Hall–Kier alpha value is -3.78. The first-order valence-corrected chi connectivity index (χ1v) is 8.98.